The van der Waals surface area contributed by atoms with E-state index in [0.717, 1.165) is 12.6 Å². The summed E-state index contributed by atoms with van der Waals surface area (Å²) in [7, 11) is 13.5. The average molecular weight is 709 g/mol. The number of halogens is 5. The molecule has 0 bridgehead atoms. The summed E-state index contributed by atoms with van der Waals surface area (Å²) in [6.45, 7) is 31.1. The second-order valence-electron chi connectivity index (χ2n) is 13.3. The van der Waals surface area contributed by atoms with E-state index < -0.39 is 30.0 Å². The second-order valence-corrected chi connectivity index (χ2v) is 31.8. The first-order valence-corrected chi connectivity index (χ1v) is 23.7. The van der Waals surface area contributed by atoms with Crippen LogP contribution < -0.4 is 9.80 Å². The Morgan fingerprint density at radius 1 is 0.629 bits per heavy atom. The van der Waals surface area contributed by atoms with Gasteiger partial charge >= 0.3 is 42.4 Å². The summed E-state index contributed by atoms with van der Waals surface area (Å²) >= 11 is 11.1. The second kappa shape index (κ2) is 13.0. The monoisotopic (exact) mass is 708 g/mol. The van der Waals surface area contributed by atoms with Crippen LogP contribution in [0, 0.1) is 6.67 Å². The zero-order chi connectivity index (χ0) is 27.7. The molecule has 1 aliphatic rings. The van der Waals surface area contributed by atoms with E-state index in [1.807, 2.05) is 0 Å². The first-order chi connectivity index (χ1) is 15.5. The van der Waals surface area contributed by atoms with Gasteiger partial charge in [0.15, 0.2) is 0 Å². The molecule has 0 saturated heterocycles. The van der Waals surface area contributed by atoms with E-state index in [1.165, 1.54) is 11.4 Å². The number of benzene rings is 1. The van der Waals surface area contributed by atoms with Crippen LogP contribution in [0.15, 0.2) is 12.1 Å². The van der Waals surface area contributed by atoms with Crippen molar-refractivity contribution in [3.8, 4) is 0 Å². The van der Waals surface area contributed by atoms with Gasteiger partial charge in [-0.2, -0.15) is 0 Å². The maximum atomic E-state index is 6.50. The van der Waals surface area contributed by atoms with Crippen molar-refractivity contribution < 1.29 is 14.2 Å². The van der Waals surface area contributed by atoms with Crippen LogP contribution >= 0.6 is 67.3 Å². The summed E-state index contributed by atoms with van der Waals surface area (Å²) in [4.78, 5) is 4.93. The fraction of sp³-hybridized carbons (Fsp3) is 0.720. The molecule has 1 heterocycles. The average Bonchev–Trinajstić information content (AvgIpc) is 2.90. The Labute approximate surface area is 245 Å². The number of fused-ring (bicyclic) bond motifs is 1. The third-order valence-electron chi connectivity index (χ3n) is 6.19. The third kappa shape index (κ3) is 10.7. The van der Waals surface area contributed by atoms with Crippen LogP contribution in [0.2, 0.25) is 10.0 Å². The molecular weight excluding hydrogens is 663 g/mol. The van der Waals surface area contributed by atoms with Crippen LogP contribution in [0.3, 0.4) is 0 Å². The summed E-state index contributed by atoms with van der Waals surface area (Å²) in [5, 5.41) is 2.47. The van der Waals surface area contributed by atoms with Crippen LogP contribution in [0.4, 0.5) is 11.4 Å². The SMILES string of the molecule is CC(C)(C)[PH+](CN1[CH-]N(C[PH+](C(C)(C)C)C(C)(C)C)c2cc(Cl)c(Cl)cc21)C(C)(C)C.[Cl][Mo]([Cl])[Cl]. The Bertz CT molecular complexity index is 747. The number of rotatable bonds is 4. The van der Waals surface area contributed by atoms with Crippen molar-refractivity contribution >= 4 is 78.7 Å². The van der Waals surface area contributed by atoms with Gasteiger partial charge in [0.2, 0.25) is 0 Å². The standard InChI is InChI=1S/C25H43Cl2N2P2.3ClH.Mo/c1-22(2,3)30(23(4,5)6)16-28-15-29(17-31(24(7,8)9)25(10,11)12)21-14-19(27)18(26)13-20(21)28;;;;/h13-15H,16-17H2,1-12H3;3*1H;/q-1;;;;+3/p-1. The van der Waals surface area contributed by atoms with Crippen molar-refractivity contribution in [2.45, 2.75) is 104 Å². The maximum absolute atomic E-state index is 6.50. The quantitative estimate of drug-likeness (QED) is 0.175. The molecule has 0 aliphatic carbocycles. The van der Waals surface area contributed by atoms with E-state index in [4.69, 9.17) is 51.5 Å². The van der Waals surface area contributed by atoms with Gasteiger partial charge < -0.3 is 9.80 Å². The summed E-state index contributed by atoms with van der Waals surface area (Å²) in [6.07, 6.45) is 2.12. The van der Waals surface area contributed by atoms with E-state index >= 15 is 0 Å². The molecule has 1 aliphatic heterocycles. The molecule has 0 radical (unpaired) electrons. The number of hydrogen-bond donors (Lipinski definition) is 0. The van der Waals surface area contributed by atoms with E-state index in [9.17, 15) is 0 Å². The van der Waals surface area contributed by atoms with Crippen molar-refractivity contribution in [2.75, 3.05) is 22.4 Å². The molecule has 0 saturated carbocycles. The zero-order valence-corrected chi connectivity index (χ0v) is 31.1. The van der Waals surface area contributed by atoms with Crippen molar-refractivity contribution in [1.82, 2.24) is 0 Å². The summed E-state index contributed by atoms with van der Waals surface area (Å²) in [5.41, 5.74) is 2.41. The van der Waals surface area contributed by atoms with Gasteiger partial charge in [-0.3, -0.25) is 0 Å². The molecule has 0 atom stereocenters. The predicted octanol–water partition coefficient (Wildman–Crippen LogP) is 11.3. The van der Waals surface area contributed by atoms with E-state index in [1.54, 1.807) is 0 Å². The van der Waals surface area contributed by atoms with Crippen molar-refractivity contribution in [3.63, 3.8) is 0 Å². The van der Waals surface area contributed by atoms with Gasteiger partial charge in [0.05, 0.1) is 30.7 Å². The first-order valence-electron chi connectivity index (χ1n) is 11.8. The zero-order valence-electron chi connectivity index (χ0n) is 23.3. The van der Waals surface area contributed by atoms with Gasteiger partial charge in [0.25, 0.3) is 0 Å². The molecule has 10 heteroatoms. The van der Waals surface area contributed by atoms with Gasteiger partial charge in [-0.15, -0.1) is 6.67 Å². The van der Waals surface area contributed by atoms with Gasteiger partial charge in [-0.1, -0.05) is 23.2 Å². The number of nitrogens with zero attached hydrogens (tertiary/aromatic N) is 2. The molecule has 35 heavy (non-hydrogen) atoms. The minimum absolute atomic E-state index is 0.298. The molecule has 2 nitrogen and oxygen atoms in total. The molecule has 0 aromatic heterocycles. The summed E-state index contributed by atoms with van der Waals surface area (Å²) < 4.78 is 0. The molecule has 1 aromatic carbocycles. The molecular formula is C25H45Cl5MoN2P2+. The Balaban J connectivity index is 0.00000142. The van der Waals surface area contributed by atoms with E-state index in [0.29, 0.717) is 30.7 Å². The van der Waals surface area contributed by atoms with Crippen molar-refractivity contribution in [1.29, 1.82) is 0 Å². The van der Waals surface area contributed by atoms with Crippen molar-refractivity contribution in [3.05, 3.63) is 28.8 Å². The van der Waals surface area contributed by atoms with Gasteiger partial charge in [0.1, 0.15) is 12.6 Å². The normalized spacial score (nSPS) is 15.2. The fourth-order valence-electron chi connectivity index (χ4n) is 5.07. The van der Waals surface area contributed by atoms with Crippen molar-refractivity contribution in [2.24, 2.45) is 0 Å². The molecule has 0 fully saturated rings. The fourth-order valence-corrected chi connectivity index (χ4v) is 13.0. The van der Waals surface area contributed by atoms with Crippen LogP contribution in [-0.2, 0) is 14.2 Å². The molecule has 0 amide bonds. The summed E-state index contributed by atoms with van der Waals surface area (Å²) in [6, 6.07) is 4.14. The Kier molecular flexibility index (Phi) is 12.9. The minimum atomic E-state index is -1.94. The van der Waals surface area contributed by atoms with E-state index in [2.05, 4.69) is 112 Å². The predicted molar refractivity (Wildman–Crippen MR) is 169 cm³/mol. The Morgan fingerprint density at radius 3 is 1.06 bits per heavy atom. The molecule has 0 unspecified atom stereocenters. The topological polar surface area (TPSA) is 6.48 Å². The van der Waals surface area contributed by atoms with E-state index in [-0.39, 0.29) is 0 Å². The molecule has 2 rings (SSSR count). The van der Waals surface area contributed by atoms with Crippen LogP contribution in [-0.4, -0.2) is 33.2 Å². The Morgan fingerprint density at radius 2 is 0.857 bits per heavy atom. The van der Waals surface area contributed by atoms with Crippen LogP contribution in [0.1, 0.15) is 83.1 Å². The molecule has 1 aromatic rings. The number of anilines is 2. The van der Waals surface area contributed by atoms with Gasteiger partial charge in [0, 0.05) is 27.2 Å². The number of hydrogen-bond acceptors (Lipinski definition) is 2. The van der Waals surface area contributed by atoms with Crippen LogP contribution in [0.25, 0.3) is 0 Å². The van der Waals surface area contributed by atoms with Crippen LogP contribution in [0.5, 0.6) is 0 Å². The molecule has 205 valence electrons. The Hall–Kier alpha value is 1.82. The summed E-state index contributed by atoms with van der Waals surface area (Å²) in [5.74, 6) is 0. The molecule has 0 spiro atoms. The van der Waals surface area contributed by atoms with Gasteiger partial charge in [-0.05, 0) is 95.2 Å². The first kappa shape index (κ1) is 34.8. The third-order valence-corrected chi connectivity index (χ3v) is 15.5. The molecule has 0 N–H and O–H groups in total. The van der Waals surface area contributed by atoms with Gasteiger partial charge in [-0.25, -0.2) is 0 Å².